The van der Waals surface area contributed by atoms with Crippen LogP contribution in [0.15, 0.2) is 33.9 Å². The molecule has 0 spiro atoms. The monoisotopic (exact) mass is 561 g/mol. The molecule has 1 N–H and O–H groups in total. The second kappa shape index (κ2) is 12.7. The van der Waals surface area contributed by atoms with Crippen molar-refractivity contribution in [3.8, 4) is 0 Å². The van der Waals surface area contributed by atoms with E-state index in [2.05, 4.69) is 21.1 Å². The van der Waals surface area contributed by atoms with Gasteiger partial charge in [-0.1, -0.05) is 45.0 Å². The Morgan fingerprint density at radius 2 is 1.44 bits per heavy atom. The summed E-state index contributed by atoms with van der Waals surface area (Å²) < 4.78 is 27.9. The molecule has 1 aliphatic rings. The molecule has 0 amide bonds. The number of rotatable bonds is 7. The maximum atomic E-state index is 11.9. The van der Waals surface area contributed by atoms with Gasteiger partial charge in [0.15, 0.2) is 23.7 Å². The van der Waals surface area contributed by atoms with Crippen molar-refractivity contribution in [2.45, 2.75) is 57.5 Å². The number of nitrogens with zero attached hydrogens (tertiary/aromatic N) is 1. The Balaban J connectivity index is 2.48. The van der Waals surface area contributed by atoms with Gasteiger partial charge in [-0.2, -0.15) is 0 Å². The standard InChI is InChI=1S/C21H24BrNO10S/c1-10(24)29-9-16-17(30-11(2)25)18(31-12(3)26)19(32-13(4)27)21(33-16)34-20(23-28)14-5-7-15(22)8-6-14/h5-8,16-19,21,28H,9H2,1-4H3/b23-20+/t16-,17-,18+,19-,21+/m1/s1. The molecule has 0 radical (unpaired) electrons. The third kappa shape index (κ3) is 7.99. The highest BCUT2D eigenvalue weighted by molar-refractivity contribution is 9.10. The van der Waals surface area contributed by atoms with Crippen LogP contribution in [0.1, 0.15) is 33.3 Å². The molecule has 1 heterocycles. The number of thioether (sulfide) groups is 1. The molecule has 13 heteroatoms. The van der Waals surface area contributed by atoms with Crippen LogP contribution in [0.2, 0.25) is 0 Å². The summed E-state index contributed by atoms with van der Waals surface area (Å²) in [5, 5.41) is 13.1. The minimum atomic E-state index is -1.30. The van der Waals surface area contributed by atoms with Gasteiger partial charge in [0.1, 0.15) is 17.8 Å². The van der Waals surface area contributed by atoms with Gasteiger partial charge in [0.2, 0.25) is 0 Å². The largest absolute Gasteiger partial charge is 0.463 e. The summed E-state index contributed by atoms with van der Waals surface area (Å²) in [5.74, 6) is -2.80. The van der Waals surface area contributed by atoms with Gasteiger partial charge in [-0.25, -0.2) is 0 Å². The zero-order valence-electron chi connectivity index (χ0n) is 18.8. The number of halogens is 1. The molecule has 0 bridgehead atoms. The molecule has 11 nitrogen and oxygen atoms in total. The van der Waals surface area contributed by atoms with Crippen molar-refractivity contribution >= 4 is 56.6 Å². The van der Waals surface area contributed by atoms with Gasteiger partial charge in [0.25, 0.3) is 0 Å². The zero-order valence-corrected chi connectivity index (χ0v) is 21.2. The first-order chi connectivity index (χ1) is 16.0. The summed E-state index contributed by atoms with van der Waals surface area (Å²) in [6.45, 7) is 4.26. The number of carbonyl (C=O) groups excluding carboxylic acids is 4. The lowest BCUT2D eigenvalue weighted by atomic mass is 9.99. The van der Waals surface area contributed by atoms with Gasteiger partial charge < -0.3 is 28.9 Å². The predicted molar refractivity (Wildman–Crippen MR) is 122 cm³/mol. The van der Waals surface area contributed by atoms with Crippen LogP contribution in [-0.2, 0) is 42.9 Å². The number of hydrogen-bond acceptors (Lipinski definition) is 12. The summed E-state index contributed by atoms with van der Waals surface area (Å²) in [4.78, 5) is 46.9. The van der Waals surface area contributed by atoms with Crippen LogP contribution >= 0.6 is 27.7 Å². The van der Waals surface area contributed by atoms with Crippen LogP contribution < -0.4 is 0 Å². The highest BCUT2D eigenvalue weighted by atomic mass is 79.9. The molecule has 0 aliphatic carbocycles. The molecule has 1 fully saturated rings. The highest BCUT2D eigenvalue weighted by Gasteiger charge is 2.52. The summed E-state index contributed by atoms with van der Waals surface area (Å²) in [7, 11) is 0. The van der Waals surface area contributed by atoms with Gasteiger partial charge in [-0.3, -0.25) is 19.2 Å². The third-order valence-corrected chi connectivity index (χ3v) is 6.04. The quantitative estimate of drug-likeness (QED) is 0.131. The maximum Gasteiger partial charge on any atom is 0.303 e. The Hall–Kier alpha value is -2.64. The SMILES string of the molecule is CC(=O)OC[C@H]1O[C@@H](S/C(=N/O)c2ccc(Br)cc2)[C@H](OC(C)=O)[C@@H](OC(C)=O)[C@@H]1OC(C)=O. The van der Waals surface area contributed by atoms with E-state index in [9.17, 15) is 24.4 Å². The predicted octanol–water partition coefficient (Wildman–Crippen LogP) is 2.40. The first-order valence-electron chi connectivity index (χ1n) is 9.97. The molecule has 2 rings (SSSR count). The number of esters is 4. The van der Waals surface area contributed by atoms with Crippen LogP contribution in [0.25, 0.3) is 0 Å². The topological polar surface area (TPSA) is 147 Å². The summed E-state index contributed by atoms with van der Waals surface area (Å²) in [6.07, 6.45) is -4.92. The van der Waals surface area contributed by atoms with Crippen LogP contribution in [0.4, 0.5) is 0 Å². The molecule has 1 saturated heterocycles. The number of benzene rings is 1. The highest BCUT2D eigenvalue weighted by Crippen LogP contribution is 2.36. The van der Waals surface area contributed by atoms with Crippen molar-refractivity contribution in [2.24, 2.45) is 5.16 Å². The first kappa shape index (κ1) is 27.6. The van der Waals surface area contributed by atoms with E-state index in [1.807, 2.05) is 0 Å². The van der Waals surface area contributed by atoms with E-state index >= 15 is 0 Å². The average molecular weight is 562 g/mol. The summed E-state index contributed by atoms with van der Waals surface area (Å²) >= 11 is 4.20. The zero-order chi connectivity index (χ0) is 25.4. The van der Waals surface area contributed by atoms with Crippen molar-refractivity contribution in [2.75, 3.05) is 6.61 Å². The Kier molecular flexibility index (Phi) is 10.3. The van der Waals surface area contributed by atoms with Crippen molar-refractivity contribution in [3.05, 3.63) is 34.3 Å². The molecule has 0 unspecified atom stereocenters. The fraction of sp³-hybridized carbons (Fsp3) is 0.476. The number of oxime groups is 1. The molecule has 34 heavy (non-hydrogen) atoms. The Bertz CT molecular complexity index is 938. The first-order valence-corrected chi connectivity index (χ1v) is 11.6. The normalized spacial score (nSPS) is 24.6. The molecule has 1 aromatic rings. The molecule has 1 aliphatic heterocycles. The van der Waals surface area contributed by atoms with Crippen molar-refractivity contribution < 1.29 is 48.1 Å². The van der Waals surface area contributed by atoms with E-state index in [0.717, 1.165) is 37.0 Å². The number of carbonyl (C=O) groups is 4. The van der Waals surface area contributed by atoms with E-state index < -0.39 is 53.7 Å². The Morgan fingerprint density at radius 3 is 1.94 bits per heavy atom. The number of hydrogen-bond donors (Lipinski definition) is 1. The molecule has 0 aromatic heterocycles. The molecule has 186 valence electrons. The second-order valence-electron chi connectivity index (χ2n) is 7.10. The lowest BCUT2D eigenvalue weighted by molar-refractivity contribution is -0.237. The fourth-order valence-corrected chi connectivity index (χ4v) is 4.48. The van der Waals surface area contributed by atoms with Crippen molar-refractivity contribution in [3.63, 3.8) is 0 Å². The third-order valence-electron chi connectivity index (χ3n) is 4.36. The number of ether oxygens (including phenoxy) is 5. The summed E-state index contributed by atoms with van der Waals surface area (Å²) in [6, 6.07) is 6.82. The van der Waals surface area contributed by atoms with Crippen LogP contribution in [0.5, 0.6) is 0 Å². The Labute approximate surface area is 208 Å². The molecular weight excluding hydrogens is 538 g/mol. The average Bonchev–Trinajstić information content (AvgIpc) is 2.74. The van der Waals surface area contributed by atoms with Gasteiger partial charge >= 0.3 is 23.9 Å². The maximum absolute atomic E-state index is 11.9. The smallest absolute Gasteiger partial charge is 0.303 e. The summed E-state index contributed by atoms with van der Waals surface area (Å²) in [5.41, 5.74) is -0.585. The van der Waals surface area contributed by atoms with E-state index in [1.54, 1.807) is 24.3 Å². The molecular formula is C21H24BrNO10S. The van der Waals surface area contributed by atoms with Crippen LogP contribution in [-0.4, -0.2) is 70.6 Å². The molecule has 0 saturated carbocycles. The lowest BCUT2D eigenvalue weighted by Gasteiger charge is -2.44. The van der Waals surface area contributed by atoms with E-state index in [-0.39, 0.29) is 11.7 Å². The molecule has 1 aromatic carbocycles. The lowest BCUT2D eigenvalue weighted by Crippen LogP contribution is -2.61. The van der Waals surface area contributed by atoms with Crippen LogP contribution in [0, 0.1) is 0 Å². The fourth-order valence-electron chi connectivity index (χ4n) is 3.14. The van der Waals surface area contributed by atoms with E-state index in [4.69, 9.17) is 23.7 Å². The van der Waals surface area contributed by atoms with E-state index in [1.165, 1.54) is 6.92 Å². The minimum Gasteiger partial charge on any atom is -0.463 e. The second-order valence-corrected chi connectivity index (χ2v) is 9.10. The van der Waals surface area contributed by atoms with Gasteiger partial charge in [0.05, 0.1) is 0 Å². The van der Waals surface area contributed by atoms with Gasteiger partial charge in [-0.05, 0) is 12.1 Å². The molecule has 5 atom stereocenters. The van der Waals surface area contributed by atoms with E-state index in [0.29, 0.717) is 5.56 Å². The van der Waals surface area contributed by atoms with Crippen molar-refractivity contribution in [1.82, 2.24) is 0 Å². The Morgan fingerprint density at radius 1 is 0.912 bits per heavy atom. The van der Waals surface area contributed by atoms with Gasteiger partial charge in [0, 0.05) is 37.7 Å². The van der Waals surface area contributed by atoms with Gasteiger partial charge in [-0.15, -0.1) is 0 Å². The van der Waals surface area contributed by atoms with Crippen molar-refractivity contribution in [1.29, 1.82) is 0 Å². The minimum absolute atomic E-state index is 0.105. The van der Waals surface area contributed by atoms with Crippen LogP contribution in [0.3, 0.4) is 0 Å².